The number of nitrogens with zero attached hydrogens (tertiary/aromatic N) is 3. The second-order valence-electron chi connectivity index (χ2n) is 7.19. The summed E-state index contributed by atoms with van der Waals surface area (Å²) in [5, 5.41) is 3.18. The van der Waals surface area contributed by atoms with Gasteiger partial charge in [-0.1, -0.05) is 0 Å². The molecule has 2 aromatic carbocycles. The first kappa shape index (κ1) is 24.1. The summed E-state index contributed by atoms with van der Waals surface area (Å²) in [5.41, 5.74) is 2.01. The molecule has 10 heteroatoms. The molecule has 3 rings (SSSR count). The average molecular weight is 472 g/mol. The molecular formula is C23H29N5O4S. The molecule has 1 heterocycles. The van der Waals surface area contributed by atoms with Crippen molar-refractivity contribution in [2.24, 2.45) is 0 Å². The fourth-order valence-corrected chi connectivity index (χ4v) is 4.34. The third kappa shape index (κ3) is 5.83. The van der Waals surface area contributed by atoms with Gasteiger partial charge >= 0.3 is 0 Å². The molecule has 9 nitrogen and oxygen atoms in total. The maximum atomic E-state index is 12.8. The smallest absolute Gasteiger partial charge is 0.262 e. The molecule has 0 fully saturated rings. The van der Waals surface area contributed by atoms with E-state index in [4.69, 9.17) is 9.47 Å². The molecule has 0 saturated carbocycles. The summed E-state index contributed by atoms with van der Waals surface area (Å²) in [6.45, 7) is 7.78. The van der Waals surface area contributed by atoms with Crippen molar-refractivity contribution >= 4 is 33.2 Å². The number of anilines is 4. The van der Waals surface area contributed by atoms with Crippen molar-refractivity contribution in [1.82, 2.24) is 9.97 Å². The summed E-state index contributed by atoms with van der Waals surface area (Å²) >= 11 is 0. The minimum absolute atomic E-state index is 0.0689. The SMILES string of the molecule is CCN(CC)c1cc(C)nc(Nc2ccc(NS(=O)(=O)c3ccc(OC)c(OC)c3)cc2)n1. The lowest BCUT2D eigenvalue weighted by Crippen LogP contribution is -2.23. The minimum atomic E-state index is -3.81. The van der Waals surface area contributed by atoms with Crippen molar-refractivity contribution in [1.29, 1.82) is 0 Å². The number of aromatic nitrogens is 2. The Morgan fingerprint density at radius 2 is 1.52 bits per heavy atom. The van der Waals surface area contributed by atoms with Gasteiger partial charge in [0.25, 0.3) is 10.0 Å². The molecule has 0 saturated heterocycles. The largest absolute Gasteiger partial charge is 0.493 e. The van der Waals surface area contributed by atoms with Crippen LogP contribution in [0.1, 0.15) is 19.5 Å². The topological polar surface area (TPSA) is 106 Å². The van der Waals surface area contributed by atoms with Gasteiger partial charge in [0.05, 0.1) is 19.1 Å². The fourth-order valence-electron chi connectivity index (χ4n) is 3.27. The van der Waals surface area contributed by atoms with E-state index in [2.05, 4.69) is 38.8 Å². The molecule has 0 unspecified atom stereocenters. The lowest BCUT2D eigenvalue weighted by molar-refractivity contribution is 0.354. The van der Waals surface area contributed by atoms with Gasteiger partial charge in [-0.2, -0.15) is 4.98 Å². The number of methoxy groups -OCH3 is 2. The minimum Gasteiger partial charge on any atom is -0.493 e. The number of rotatable bonds is 10. The molecule has 0 radical (unpaired) electrons. The van der Waals surface area contributed by atoms with Crippen molar-refractivity contribution in [2.45, 2.75) is 25.7 Å². The van der Waals surface area contributed by atoms with Crippen LogP contribution in [0, 0.1) is 6.92 Å². The summed E-state index contributed by atoms with van der Waals surface area (Å²) in [6, 6.07) is 13.2. The predicted molar refractivity (Wildman–Crippen MR) is 130 cm³/mol. The lowest BCUT2D eigenvalue weighted by Gasteiger charge is -2.20. The van der Waals surface area contributed by atoms with Gasteiger partial charge in [0.2, 0.25) is 5.95 Å². The van der Waals surface area contributed by atoms with Crippen molar-refractivity contribution in [3.05, 3.63) is 54.2 Å². The summed E-state index contributed by atoms with van der Waals surface area (Å²) in [7, 11) is -0.859. The first-order chi connectivity index (χ1) is 15.8. The van der Waals surface area contributed by atoms with E-state index in [0.717, 1.165) is 30.3 Å². The van der Waals surface area contributed by atoms with Gasteiger partial charge in [0.1, 0.15) is 5.82 Å². The van der Waals surface area contributed by atoms with E-state index in [1.54, 1.807) is 30.3 Å². The van der Waals surface area contributed by atoms with Crippen LogP contribution in [0.2, 0.25) is 0 Å². The van der Waals surface area contributed by atoms with Gasteiger partial charge < -0.3 is 19.7 Å². The molecule has 33 heavy (non-hydrogen) atoms. The molecule has 1 aromatic heterocycles. The van der Waals surface area contributed by atoms with E-state index in [1.807, 2.05) is 13.0 Å². The molecule has 0 aliphatic carbocycles. The van der Waals surface area contributed by atoms with Gasteiger partial charge in [-0.25, -0.2) is 13.4 Å². The van der Waals surface area contributed by atoms with Crippen LogP contribution in [0.3, 0.4) is 0 Å². The van der Waals surface area contributed by atoms with Gasteiger partial charge in [-0.3, -0.25) is 4.72 Å². The van der Waals surface area contributed by atoms with Crippen LogP contribution in [0.15, 0.2) is 53.4 Å². The Morgan fingerprint density at radius 3 is 2.12 bits per heavy atom. The van der Waals surface area contributed by atoms with Crippen molar-refractivity contribution in [2.75, 3.05) is 42.2 Å². The van der Waals surface area contributed by atoms with Crippen LogP contribution in [0.25, 0.3) is 0 Å². The van der Waals surface area contributed by atoms with Crippen molar-refractivity contribution in [3.8, 4) is 11.5 Å². The molecule has 0 atom stereocenters. The van der Waals surface area contributed by atoms with E-state index in [9.17, 15) is 8.42 Å². The monoisotopic (exact) mass is 471 g/mol. The zero-order valence-electron chi connectivity index (χ0n) is 19.4. The van der Waals surface area contributed by atoms with Crippen LogP contribution < -0.4 is 24.4 Å². The van der Waals surface area contributed by atoms with E-state index in [1.165, 1.54) is 26.4 Å². The highest BCUT2D eigenvalue weighted by Gasteiger charge is 2.17. The van der Waals surface area contributed by atoms with Crippen LogP contribution >= 0.6 is 0 Å². The highest BCUT2D eigenvalue weighted by atomic mass is 32.2. The van der Waals surface area contributed by atoms with Crippen LogP contribution in [-0.2, 0) is 10.0 Å². The Kier molecular flexibility index (Phi) is 7.59. The van der Waals surface area contributed by atoms with E-state index in [-0.39, 0.29) is 4.90 Å². The Labute approximate surface area is 194 Å². The number of benzene rings is 2. The molecular weight excluding hydrogens is 442 g/mol. The third-order valence-corrected chi connectivity index (χ3v) is 6.37. The number of sulfonamides is 1. The van der Waals surface area contributed by atoms with Gasteiger partial charge in [0.15, 0.2) is 11.5 Å². The number of hydrogen-bond acceptors (Lipinski definition) is 8. The first-order valence-corrected chi connectivity index (χ1v) is 12.0. The number of ether oxygens (including phenoxy) is 2. The molecule has 0 spiro atoms. The molecule has 0 aliphatic rings. The molecule has 2 N–H and O–H groups in total. The average Bonchev–Trinajstić information content (AvgIpc) is 2.80. The zero-order chi connectivity index (χ0) is 24.0. The molecule has 0 amide bonds. The maximum Gasteiger partial charge on any atom is 0.262 e. The summed E-state index contributed by atoms with van der Waals surface area (Å²) in [6.07, 6.45) is 0. The molecule has 3 aromatic rings. The second kappa shape index (κ2) is 10.4. The van der Waals surface area contributed by atoms with E-state index >= 15 is 0 Å². The summed E-state index contributed by atoms with van der Waals surface area (Å²) in [5.74, 6) is 2.13. The first-order valence-electron chi connectivity index (χ1n) is 10.5. The lowest BCUT2D eigenvalue weighted by atomic mass is 10.3. The van der Waals surface area contributed by atoms with Gasteiger partial charge in [-0.05, 0) is 57.2 Å². The highest BCUT2D eigenvalue weighted by molar-refractivity contribution is 7.92. The van der Waals surface area contributed by atoms with Gasteiger partial charge in [-0.15, -0.1) is 0 Å². The standard InChI is InChI=1S/C23H29N5O4S/c1-6-28(7-2)22-14-16(3)24-23(26-22)25-17-8-10-18(11-9-17)27-33(29,30)19-12-13-20(31-4)21(15-19)32-5/h8-15,27H,6-7H2,1-5H3,(H,24,25,26). The van der Waals surface area contributed by atoms with Gasteiger partial charge in [0, 0.05) is 42.3 Å². The Balaban J connectivity index is 1.76. The second-order valence-corrected chi connectivity index (χ2v) is 8.87. The number of hydrogen-bond donors (Lipinski definition) is 2. The quantitative estimate of drug-likeness (QED) is 0.453. The molecule has 176 valence electrons. The predicted octanol–water partition coefficient (Wildman–Crippen LogP) is 4.19. The zero-order valence-corrected chi connectivity index (χ0v) is 20.2. The normalized spacial score (nSPS) is 11.1. The van der Waals surface area contributed by atoms with Crippen LogP contribution in [0.5, 0.6) is 11.5 Å². The van der Waals surface area contributed by atoms with Crippen molar-refractivity contribution < 1.29 is 17.9 Å². The van der Waals surface area contributed by atoms with Crippen molar-refractivity contribution in [3.63, 3.8) is 0 Å². The molecule has 0 bridgehead atoms. The number of nitrogens with one attached hydrogen (secondary N) is 2. The highest BCUT2D eigenvalue weighted by Crippen LogP contribution is 2.30. The Bertz CT molecular complexity index is 1200. The Hall–Kier alpha value is -3.53. The van der Waals surface area contributed by atoms with Crippen LogP contribution in [0.4, 0.5) is 23.1 Å². The van der Waals surface area contributed by atoms with E-state index in [0.29, 0.717) is 23.1 Å². The van der Waals surface area contributed by atoms with Crippen LogP contribution in [-0.4, -0.2) is 45.7 Å². The number of aryl methyl sites for hydroxylation is 1. The maximum absolute atomic E-state index is 12.8. The van der Waals surface area contributed by atoms with E-state index < -0.39 is 10.0 Å². The fraction of sp³-hybridized carbons (Fsp3) is 0.304. The summed E-state index contributed by atoms with van der Waals surface area (Å²) in [4.78, 5) is 11.3. The molecule has 0 aliphatic heterocycles. The third-order valence-electron chi connectivity index (χ3n) is 4.99. The summed E-state index contributed by atoms with van der Waals surface area (Å²) < 4.78 is 38.5. The Morgan fingerprint density at radius 1 is 0.879 bits per heavy atom.